The van der Waals surface area contributed by atoms with Crippen LogP contribution >= 0.6 is 11.8 Å². The Morgan fingerprint density at radius 1 is 1.33 bits per heavy atom. The van der Waals surface area contributed by atoms with E-state index in [1.165, 1.54) is 19.3 Å². The lowest BCUT2D eigenvalue weighted by Gasteiger charge is -2.27. The van der Waals surface area contributed by atoms with Crippen LogP contribution in [0, 0.1) is 31.1 Å². The zero-order chi connectivity index (χ0) is 17.7. The van der Waals surface area contributed by atoms with E-state index in [1.54, 1.807) is 0 Å². The van der Waals surface area contributed by atoms with Crippen molar-refractivity contribution in [1.29, 1.82) is 5.26 Å². The highest BCUT2D eigenvalue weighted by Crippen LogP contribution is 2.32. The molecule has 1 saturated heterocycles. The Morgan fingerprint density at radius 2 is 2.08 bits per heavy atom. The van der Waals surface area contributed by atoms with Gasteiger partial charge in [-0.1, -0.05) is 45.4 Å². The molecule has 1 aromatic carbocycles. The van der Waals surface area contributed by atoms with Crippen molar-refractivity contribution in [3.05, 3.63) is 28.8 Å². The molecule has 0 saturated carbocycles. The maximum Gasteiger partial charge on any atom is 0.164 e. The van der Waals surface area contributed by atoms with Gasteiger partial charge in [-0.2, -0.15) is 5.26 Å². The number of nitrogens with zero attached hydrogens (tertiary/aromatic N) is 3. The first-order valence-corrected chi connectivity index (χ1v) is 9.94. The van der Waals surface area contributed by atoms with Crippen molar-refractivity contribution in [3.8, 4) is 6.07 Å². The third-order valence-corrected chi connectivity index (χ3v) is 5.56. The molecule has 1 fully saturated rings. The first-order valence-electron chi connectivity index (χ1n) is 8.95. The van der Waals surface area contributed by atoms with Crippen molar-refractivity contribution in [3.63, 3.8) is 0 Å². The van der Waals surface area contributed by atoms with Gasteiger partial charge in [0, 0.05) is 18.3 Å². The molecule has 1 aliphatic heterocycles. The number of nitriles is 1. The number of rotatable bonds is 6. The number of unbranched alkanes of at least 4 members (excludes halogenated alkanes) is 1. The molecular weight excluding hydrogens is 314 g/mol. The van der Waals surface area contributed by atoms with Gasteiger partial charge in [-0.3, -0.25) is 0 Å². The molecule has 2 rings (SSSR count). The molecule has 1 atom stereocenters. The fraction of sp³-hybridized carbons (Fsp3) is 0.600. The van der Waals surface area contributed by atoms with E-state index >= 15 is 0 Å². The van der Waals surface area contributed by atoms with E-state index in [-0.39, 0.29) is 0 Å². The molecular formula is C20H29N3S. The summed E-state index contributed by atoms with van der Waals surface area (Å²) in [6.07, 6.45) is 3.78. The van der Waals surface area contributed by atoms with Gasteiger partial charge in [0.1, 0.15) is 0 Å². The number of hydrogen-bond donors (Lipinski definition) is 0. The van der Waals surface area contributed by atoms with Gasteiger partial charge in [-0.15, -0.1) is 0 Å². The summed E-state index contributed by atoms with van der Waals surface area (Å²) in [6.45, 7) is 11.9. The van der Waals surface area contributed by atoms with Crippen LogP contribution in [0.3, 0.4) is 0 Å². The van der Waals surface area contributed by atoms with E-state index in [1.807, 2.05) is 37.7 Å². The number of hydrogen-bond acceptors (Lipinski definition) is 3. The number of aryl methyl sites for hydroxylation is 2. The Morgan fingerprint density at radius 3 is 2.71 bits per heavy atom. The molecule has 0 radical (unpaired) electrons. The van der Waals surface area contributed by atoms with Crippen molar-refractivity contribution in [1.82, 2.24) is 4.90 Å². The van der Waals surface area contributed by atoms with Gasteiger partial charge >= 0.3 is 0 Å². The quantitative estimate of drug-likeness (QED) is 0.691. The summed E-state index contributed by atoms with van der Waals surface area (Å²) in [4.78, 5) is 7.49. The highest BCUT2D eigenvalue weighted by atomic mass is 32.2. The van der Waals surface area contributed by atoms with Crippen molar-refractivity contribution in [2.24, 2.45) is 10.9 Å². The van der Waals surface area contributed by atoms with E-state index in [9.17, 15) is 5.26 Å². The summed E-state index contributed by atoms with van der Waals surface area (Å²) in [5, 5.41) is 10.3. The van der Waals surface area contributed by atoms with E-state index in [4.69, 9.17) is 4.99 Å². The van der Waals surface area contributed by atoms with Gasteiger partial charge in [0.15, 0.2) is 5.17 Å². The summed E-state index contributed by atoms with van der Waals surface area (Å²) < 4.78 is 0. The molecule has 1 heterocycles. The Hall–Kier alpha value is -1.47. The van der Waals surface area contributed by atoms with Crippen molar-refractivity contribution >= 4 is 22.6 Å². The molecule has 1 unspecified atom stereocenters. The molecule has 130 valence electrons. The molecule has 0 N–H and O–H groups in total. The molecule has 0 spiro atoms. The first-order chi connectivity index (χ1) is 11.5. The summed E-state index contributed by atoms with van der Waals surface area (Å²) >= 11 is 1.88. The molecule has 0 aliphatic carbocycles. The molecule has 1 aromatic rings. The summed E-state index contributed by atoms with van der Waals surface area (Å²) in [5.74, 6) is 1.77. The second-order valence-electron chi connectivity index (χ2n) is 7.11. The van der Waals surface area contributed by atoms with Gasteiger partial charge < -0.3 is 4.90 Å². The second kappa shape index (κ2) is 8.58. The largest absolute Gasteiger partial charge is 0.347 e. The lowest BCUT2D eigenvalue weighted by molar-refractivity contribution is 0.295. The summed E-state index contributed by atoms with van der Waals surface area (Å²) in [6, 6.07) is 6.87. The third-order valence-electron chi connectivity index (χ3n) is 4.42. The van der Waals surface area contributed by atoms with E-state index < -0.39 is 0 Å². The predicted molar refractivity (Wildman–Crippen MR) is 105 cm³/mol. The van der Waals surface area contributed by atoms with E-state index in [0.717, 1.165) is 39.8 Å². The van der Waals surface area contributed by atoms with Crippen LogP contribution in [0.15, 0.2) is 17.1 Å². The van der Waals surface area contributed by atoms with Gasteiger partial charge in [-0.25, -0.2) is 4.99 Å². The fourth-order valence-electron chi connectivity index (χ4n) is 3.04. The fourth-order valence-corrected chi connectivity index (χ4v) is 4.28. The Balaban J connectivity index is 2.30. The molecule has 24 heavy (non-hydrogen) atoms. The Kier molecular flexibility index (Phi) is 6.74. The van der Waals surface area contributed by atoms with Crippen LogP contribution in [0.5, 0.6) is 0 Å². The maximum atomic E-state index is 9.18. The Labute approximate surface area is 151 Å². The van der Waals surface area contributed by atoms with Gasteiger partial charge in [-0.05, 0) is 49.4 Å². The zero-order valence-corrected chi connectivity index (χ0v) is 16.4. The lowest BCUT2D eigenvalue weighted by atomic mass is 10.0. The lowest BCUT2D eigenvalue weighted by Crippen LogP contribution is -2.36. The van der Waals surface area contributed by atoms with Crippen LogP contribution in [-0.4, -0.2) is 28.4 Å². The number of thioether (sulfide) groups is 1. The van der Waals surface area contributed by atoms with Crippen LogP contribution in [0.25, 0.3) is 0 Å². The topological polar surface area (TPSA) is 39.4 Å². The normalized spacial score (nSPS) is 19.3. The van der Waals surface area contributed by atoms with Gasteiger partial charge in [0.25, 0.3) is 0 Å². The van der Waals surface area contributed by atoms with Crippen LogP contribution in [0.1, 0.15) is 56.7 Å². The second-order valence-corrected chi connectivity index (χ2v) is 8.10. The minimum Gasteiger partial charge on any atom is -0.347 e. The van der Waals surface area contributed by atoms with Gasteiger partial charge in [0.05, 0.1) is 17.3 Å². The third kappa shape index (κ3) is 4.54. The van der Waals surface area contributed by atoms with Crippen molar-refractivity contribution < 1.29 is 0 Å². The summed E-state index contributed by atoms with van der Waals surface area (Å²) in [7, 11) is 0. The molecule has 0 bridgehead atoms. The van der Waals surface area contributed by atoms with E-state index in [2.05, 4.69) is 31.7 Å². The average Bonchev–Trinajstić information content (AvgIpc) is 2.89. The first kappa shape index (κ1) is 18.9. The highest BCUT2D eigenvalue weighted by Gasteiger charge is 2.30. The standard InChI is InChI=1S/C20H29N3S/c1-6-7-8-18-13-24-20(23(18)12-14(2)3)22-19-10-15(4)17(11-21)9-16(19)5/h9-10,14,18H,6-8,12-13H2,1-5H3. The van der Waals surface area contributed by atoms with Crippen molar-refractivity contribution in [2.45, 2.75) is 59.9 Å². The smallest absolute Gasteiger partial charge is 0.164 e. The zero-order valence-electron chi connectivity index (χ0n) is 15.6. The number of amidine groups is 1. The number of benzene rings is 1. The van der Waals surface area contributed by atoms with Crippen LogP contribution in [-0.2, 0) is 0 Å². The average molecular weight is 344 g/mol. The maximum absolute atomic E-state index is 9.18. The predicted octanol–water partition coefficient (Wildman–Crippen LogP) is 5.43. The molecule has 0 aromatic heterocycles. The monoisotopic (exact) mass is 343 g/mol. The minimum atomic E-state index is 0.607. The highest BCUT2D eigenvalue weighted by molar-refractivity contribution is 8.14. The van der Waals surface area contributed by atoms with Crippen LogP contribution < -0.4 is 0 Å². The van der Waals surface area contributed by atoms with Crippen LogP contribution in [0.2, 0.25) is 0 Å². The molecule has 1 aliphatic rings. The molecule has 3 nitrogen and oxygen atoms in total. The molecule has 0 amide bonds. The van der Waals surface area contributed by atoms with Crippen LogP contribution in [0.4, 0.5) is 5.69 Å². The summed E-state index contributed by atoms with van der Waals surface area (Å²) in [5.41, 5.74) is 3.82. The van der Waals surface area contributed by atoms with Crippen molar-refractivity contribution in [2.75, 3.05) is 12.3 Å². The van der Waals surface area contributed by atoms with E-state index in [0.29, 0.717) is 12.0 Å². The number of aliphatic imine (C=N–C) groups is 1. The molecule has 4 heteroatoms. The minimum absolute atomic E-state index is 0.607. The Bertz CT molecular complexity index is 643. The van der Waals surface area contributed by atoms with Gasteiger partial charge in [0.2, 0.25) is 0 Å². The SMILES string of the molecule is CCCCC1CSC(=Nc2cc(C)c(C#N)cc2C)N1CC(C)C.